The van der Waals surface area contributed by atoms with Gasteiger partial charge in [0.1, 0.15) is 12.1 Å². The van der Waals surface area contributed by atoms with Crippen molar-refractivity contribution in [2.75, 3.05) is 0 Å². The molecule has 5 nitrogen and oxygen atoms in total. The van der Waals surface area contributed by atoms with Gasteiger partial charge in [-0.2, -0.15) is 10.5 Å². The van der Waals surface area contributed by atoms with Crippen LogP contribution in [-0.2, 0) is 6.42 Å². The van der Waals surface area contributed by atoms with Crippen LogP contribution in [0.2, 0.25) is 0 Å². The maximum atomic E-state index is 10.6. The molecular formula is C48H29N5. The Morgan fingerprint density at radius 3 is 1.85 bits per heavy atom. The molecule has 11 rings (SSSR count). The molecule has 7 aromatic carbocycles. The van der Waals surface area contributed by atoms with Gasteiger partial charge in [0.2, 0.25) is 0 Å². The molecule has 0 saturated heterocycles. The second-order valence-electron chi connectivity index (χ2n) is 13.9. The summed E-state index contributed by atoms with van der Waals surface area (Å²) >= 11 is 0. The van der Waals surface area contributed by atoms with Crippen molar-refractivity contribution in [3.8, 4) is 29.2 Å². The van der Waals surface area contributed by atoms with Crippen LogP contribution >= 0.6 is 0 Å². The Labute approximate surface area is 304 Å². The lowest BCUT2D eigenvalue weighted by Crippen LogP contribution is -2.08. The van der Waals surface area contributed by atoms with Crippen molar-refractivity contribution in [3.63, 3.8) is 0 Å². The molecule has 0 saturated carbocycles. The topological polar surface area (TPSA) is 62.4 Å². The summed E-state index contributed by atoms with van der Waals surface area (Å²) in [5.41, 5.74) is 11.2. The second kappa shape index (κ2) is 11.1. The molecule has 0 unspecified atom stereocenters. The normalized spacial score (nSPS) is 12.6. The molecule has 3 aromatic heterocycles. The van der Waals surface area contributed by atoms with Gasteiger partial charge in [0.15, 0.2) is 0 Å². The van der Waals surface area contributed by atoms with Gasteiger partial charge in [0.05, 0.1) is 44.4 Å². The Morgan fingerprint density at radius 2 is 1.11 bits per heavy atom. The molecule has 0 aliphatic heterocycles. The molecule has 0 radical (unpaired) electrons. The van der Waals surface area contributed by atoms with Gasteiger partial charge in [0, 0.05) is 49.6 Å². The highest BCUT2D eigenvalue weighted by atomic mass is 15.0. The zero-order chi connectivity index (χ0) is 35.2. The number of para-hydroxylation sites is 3. The first-order valence-corrected chi connectivity index (χ1v) is 18.0. The highest BCUT2D eigenvalue weighted by Crippen LogP contribution is 2.42. The van der Waals surface area contributed by atoms with Gasteiger partial charge in [-0.05, 0) is 78.2 Å². The summed E-state index contributed by atoms with van der Waals surface area (Å²) < 4.78 is 6.86. The van der Waals surface area contributed by atoms with Crippen LogP contribution in [0, 0.1) is 22.7 Å². The molecule has 1 aliphatic rings. The minimum Gasteiger partial charge on any atom is -0.312 e. The lowest BCUT2D eigenvalue weighted by molar-refractivity contribution is 0.886. The Morgan fingerprint density at radius 1 is 0.491 bits per heavy atom. The van der Waals surface area contributed by atoms with Crippen LogP contribution in [-0.4, -0.2) is 13.7 Å². The first-order valence-electron chi connectivity index (χ1n) is 18.0. The molecule has 53 heavy (non-hydrogen) atoms. The standard InChI is InChI=1S/C48H29N5/c49-28-31-25-33(27-47(40(31)29-50)53-43-19-9-5-15-37(43)38-16-6-10-20-44(38)53)52-45-24-22-32(26-39(45)48-34-12-2-1-11-30(34)21-23-46(48)52)51-41-17-7-3-13-35(41)36-14-4-8-18-42(36)51/h1-9,11-19,21-27H,10,20H2. The van der Waals surface area contributed by atoms with E-state index in [2.05, 4.69) is 165 Å². The maximum Gasteiger partial charge on any atom is 0.103 e. The number of rotatable bonds is 3. The van der Waals surface area contributed by atoms with Crippen LogP contribution in [0.5, 0.6) is 0 Å². The monoisotopic (exact) mass is 675 g/mol. The Kier molecular flexibility index (Phi) is 6.14. The number of benzene rings is 7. The van der Waals surface area contributed by atoms with E-state index in [0.717, 1.165) is 84.7 Å². The Bertz CT molecular complexity index is 3260. The number of nitriles is 2. The first-order chi connectivity index (χ1) is 26.2. The zero-order valence-corrected chi connectivity index (χ0v) is 28.6. The number of allylic oxidation sites excluding steroid dienone is 1. The second-order valence-corrected chi connectivity index (χ2v) is 13.9. The third-order valence-corrected chi connectivity index (χ3v) is 11.2. The minimum atomic E-state index is 0.357. The van der Waals surface area contributed by atoms with E-state index in [1.807, 2.05) is 12.1 Å². The molecule has 0 spiro atoms. The lowest BCUT2D eigenvalue weighted by Gasteiger charge is -2.18. The Hall–Kier alpha value is -7.34. The van der Waals surface area contributed by atoms with Gasteiger partial charge in [-0.1, -0.05) is 97.1 Å². The number of fused-ring (bicyclic) bond motifs is 11. The van der Waals surface area contributed by atoms with E-state index in [1.165, 1.54) is 21.7 Å². The molecule has 246 valence electrons. The highest BCUT2D eigenvalue weighted by molar-refractivity contribution is 6.22. The summed E-state index contributed by atoms with van der Waals surface area (Å²) in [5.74, 6) is 0. The van der Waals surface area contributed by atoms with E-state index in [4.69, 9.17) is 0 Å². The van der Waals surface area contributed by atoms with E-state index in [0.29, 0.717) is 11.1 Å². The average molecular weight is 676 g/mol. The number of hydrogen-bond donors (Lipinski definition) is 0. The van der Waals surface area contributed by atoms with Crippen LogP contribution in [0.3, 0.4) is 0 Å². The van der Waals surface area contributed by atoms with Gasteiger partial charge in [-0.3, -0.25) is 0 Å². The number of hydrogen-bond acceptors (Lipinski definition) is 2. The molecule has 0 fully saturated rings. The summed E-state index contributed by atoms with van der Waals surface area (Å²) in [5, 5.41) is 29.4. The van der Waals surface area contributed by atoms with Crippen LogP contribution in [0.4, 0.5) is 0 Å². The average Bonchev–Trinajstić information content (AvgIpc) is 3.86. The van der Waals surface area contributed by atoms with Crippen LogP contribution in [0.25, 0.3) is 88.4 Å². The van der Waals surface area contributed by atoms with Crippen LogP contribution < -0.4 is 0 Å². The fourth-order valence-corrected chi connectivity index (χ4v) is 8.97. The van der Waals surface area contributed by atoms with E-state index < -0.39 is 0 Å². The summed E-state index contributed by atoms with van der Waals surface area (Å²) in [7, 11) is 0. The molecule has 0 amide bonds. The number of aromatic nitrogens is 3. The molecule has 0 N–H and O–H groups in total. The van der Waals surface area contributed by atoms with Crippen molar-refractivity contribution in [2.45, 2.75) is 12.8 Å². The van der Waals surface area contributed by atoms with Gasteiger partial charge in [-0.15, -0.1) is 0 Å². The summed E-state index contributed by atoms with van der Waals surface area (Å²) in [6, 6.07) is 54.0. The third-order valence-electron chi connectivity index (χ3n) is 11.2. The van der Waals surface area contributed by atoms with Crippen molar-refractivity contribution in [2.24, 2.45) is 0 Å². The quantitative estimate of drug-likeness (QED) is 0.187. The van der Waals surface area contributed by atoms with Gasteiger partial charge in [-0.25, -0.2) is 0 Å². The zero-order valence-electron chi connectivity index (χ0n) is 28.6. The molecule has 0 atom stereocenters. The summed E-state index contributed by atoms with van der Waals surface area (Å²) in [4.78, 5) is 0. The van der Waals surface area contributed by atoms with E-state index in [9.17, 15) is 10.5 Å². The lowest BCUT2D eigenvalue weighted by atomic mass is 10.0. The summed E-state index contributed by atoms with van der Waals surface area (Å²) in [6.07, 6.45) is 6.19. The fraction of sp³-hybridized carbons (Fsp3) is 0.0417. The third kappa shape index (κ3) is 4.05. The highest BCUT2D eigenvalue weighted by Gasteiger charge is 2.24. The summed E-state index contributed by atoms with van der Waals surface area (Å²) in [6.45, 7) is 0. The first kappa shape index (κ1) is 29.4. The predicted molar refractivity (Wildman–Crippen MR) is 216 cm³/mol. The number of nitrogens with zero attached hydrogens (tertiary/aromatic N) is 5. The maximum absolute atomic E-state index is 10.6. The molecular weight excluding hydrogens is 647 g/mol. The molecule has 3 heterocycles. The van der Waals surface area contributed by atoms with Crippen LogP contribution in [0.15, 0.2) is 146 Å². The largest absolute Gasteiger partial charge is 0.312 e. The van der Waals surface area contributed by atoms with Crippen molar-refractivity contribution in [1.29, 1.82) is 10.5 Å². The van der Waals surface area contributed by atoms with Crippen molar-refractivity contribution in [3.05, 3.63) is 168 Å². The SMILES string of the molecule is N#Cc1cc(-n2c3ccc(-n4c5ccccc5c5ccccc54)cc3c3c4ccccc4ccc32)cc(-n2c3c(c4ccccc42)C=CCC3)c1C#N. The van der Waals surface area contributed by atoms with Gasteiger partial charge >= 0.3 is 0 Å². The van der Waals surface area contributed by atoms with Crippen molar-refractivity contribution < 1.29 is 0 Å². The van der Waals surface area contributed by atoms with Crippen molar-refractivity contribution in [1.82, 2.24) is 13.7 Å². The van der Waals surface area contributed by atoms with E-state index in [1.54, 1.807) is 0 Å². The Balaban J connectivity index is 1.25. The smallest absolute Gasteiger partial charge is 0.103 e. The van der Waals surface area contributed by atoms with E-state index >= 15 is 0 Å². The van der Waals surface area contributed by atoms with Gasteiger partial charge < -0.3 is 13.7 Å². The van der Waals surface area contributed by atoms with Gasteiger partial charge in [0.25, 0.3) is 0 Å². The predicted octanol–water partition coefficient (Wildman–Crippen LogP) is 11.7. The van der Waals surface area contributed by atoms with Crippen LogP contribution in [0.1, 0.15) is 28.8 Å². The molecule has 5 heteroatoms. The molecule has 10 aromatic rings. The molecule has 1 aliphatic carbocycles. The molecule has 0 bridgehead atoms. The minimum absolute atomic E-state index is 0.357. The van der Waals surface area contributed by atoms with E-state index in [-0.39, 0.29) is 0 Å². The van der Waals surface area contributed by atoms with Crippen molar-refractivity contribution >= 4 is 71.4 Å². The fourth-order valence-electron chi connectivity index (χ4n) is 8.97.